The fourth-order valence-corrected chi connectivity index (χ4v) is 4.51. The summed E-state index contributed by atoms with van der Waals surface area (Å²) in [4.78, 5) is 0. The molecule has 56 heavy (non-hydrogen) atoms. The molecule has 0 fully saturated rings. The summed E-state index contributed by atoms with van der Waals surface area (Å²) in [6, 6.07) is 43.3. The van der Waals surface area contributed by atoms with E-state index in [4.69, 9.17) is 0 Å². The lowest BCUT2D eigenvalue weighted by Gasteiger charge is -2.09. The number of hydrogen-bond donors (Lipinski definition) is 0. The van der Waals surface area contributed by atoms with Gasteiger partial charge < -0.3 is 0 Å². The molecular formula is C51H71Cl5. The second-order valence-electron chi connectivity index (χ2n) is 11.1. The van der Waals surface area contributed by atoms with Gasteiger partial charge in [-0.05, 0) is 96.2 Å². The van der Waals surface area contributed by atoms with Gasteiger partial charge in [-0.1, -0.05) is 159 Å². The molecule has 5 aromatic rings. The molecule has 0 amide bonds. The van der Waals surface area contributed by atoms with Crippen LogP contribution in [0.1, 0.15) is 58.4 Å². The van der Waals surface area contributed by atoms with E-state index >= 15 is 0 Å². The molecular weight excluding hydrogens is 790 g/mol. The van der Waals surface area contributed by atoms with Crippen molar-refractivity contribution in [3.05, 3.63) is 203 Å². The average molecular weight is 861 g/mol. The largest absolute Gasteiger partial charge is 0.130 e. The number of benzene rings is 5. The summed E-state index contributed by atoms with van der Waals surface area (Å²) in [6.45, 7) is 28.0. The topological polar surface area (TPSA) is 0 Å². The van der Waals surface area contributed by atoms with Crippen molar-refractivity contribution in [3.63, 3.8) is 0 Å². The van der Waals surface area contributed by atoms with Gasteiger partial charge in [0.25, 0.3) is 0 Å². The standard InChI is InChI=1S/C16H16.C10H14.C8H10.C8H8.2C2H4.5CH3Cl/c1-2-14-4-3-13(1)9-10-15-5-7-16(8-6-15)12-11-14;1-3-9-5-7-10(4-2)8-6-9;2*1-7-3-5-8(2)6-4-7;7*1-2/h1-8H,9-12H2;5-8H,3-4H2,1-2H3;3-6H,1-2H3;3-6H,1-2H2;2*1-2H2;5*1H3. The van der Waals surface area contributed by atoms with Gasteiger partial charge in [-0.25, -0.2) is 0 Å². The highest BCUT2D eigenvalue weighted by Gasteiger charge is 2.02. The molecule has 0 radical (unpaired) electrons. The summed E-state index contributed by atoms with van der Waals surface area (Å²) in [5, 5.41) is 2.08. The second kappa shape index (κ2) is 47.9. The zero-order valence-corrected chi connectivity index (χ0v) is 39.7. The van der Waals surface area contributed by atoms with Crippen LogP contribution in [0.5, 0.6) is 0 Å². The molecule has 0 heterocycles. The molecule has 0 aliphatic heterocycles. The van der Waals surface area contributed by atoms with Crippen molar-refractivity contribution in [3.8, 4) is 0 Å². The van der Waals surface area contributed by atoms with E-state index in [1.165, 1.54) is 76.4 Å². The van der Waals surface area contributed by atoms with Gasteiger partial charge in [0.1, 0.15) is 0 Å². The van der Waals surface area contributed by atoms with Crippen LogP contribution in [0.25, 0.3) is 13.2 Å². The van der Waals surface area contributed by atoms with E-state index in [1.54, 1.807) is 0 Å². The van der Waals surface area contributed by atoms with Gasteiger partial charge in [0, 0.05) is 31.9 Å². The third-order valence-electron chi connectivity index (χ3n) is 7.53. The Morgan fingerprint density at radius 1 is 0.339 bits per heavy atom. The number of halogens is 5. The molecule has 5 aromatic carbocycles. The molecule has 5 heteroatoms. The fourth-order valence-electron chi connectivity index (χ4n) is 4.51. The number of hydrogen-bond acceptors (Lipinski definition) is 0. The molecule has 0 aromatic heterocycles. The van der Waals surface area contributed by atoms with Crippen molar-refractivity contribution >= 4 is 71.2 Å². The highest BCUT2D eigenvalue weighted by molar-refractivity contribution is 6.15. The van der Waals surface area contributed by atoms with E-state index in [0.29, 0.717) is 0 Å². The van der Waals surface area contributed by atoms with Gasteiger partial charge >= 0.3 is 0 Å². The van der Waals surface area contributed by atoms with Crippen molar-refractivity contribution in [1.82, 2.24) is 0 Å². The van der Waals surface area contributed by atoms with Crippen LogP contribution in [0.15, 0.2) is 148 Å². The van der Waals surface area contributed by atoms with E-state index in [0.717, 1.165) is 49.0 Å². The summed E-state index contributed by atoms with van der Waals surface area (Å²) in [5.74, 6) is 0. The molecule has 0 N–H and O–H groups in total. The lowest BCUT2D eigenvalue weighted by atomic mass is 9.97. The molecule has 0 spiro atoms. The molecule has 4 aliphatic carbocycles. The number of aryl methyl sites for hydroxylation is 8. The Hall–Kier alpha value is -3.23. The molecule has 0 unspecified atom stereocenters. The van der Waals surface area contributed by atoms with Gasteiger partial charge in [-0.3, -0.25) is 0 Å². The van der Waals surface area contributed by atoms with E-state index in [1.807, 2.05) is 24.3 Å². The second-order valence-corrected chi connectivity index (χ2v) is 11.1. The lowest BCUT2D eigenvalue weighted by molar-refractivity contribution is 0.921. The van der Waals surface area contributed by atoms with Crippen LogP contribution in [0, 0.1) is 13.8 Å². The Labute approximate surface area is 369 Å². The Bertz CT molecular complexity index is 1400. The molecule has 0 saturated carbocycles. The highest BCUT2D eigenvalue weighted by atomic mass is 35.5. The first-order valence-electron chi connectivity index (χ1n) is 18.2. The summed E-state index contributed by atoms with van der Waals surface area (Å²) < 4.78 is 0. The van der Waals surface area contributed by atoms with Crippen LogP contribution in [0.3, 0.4) is 0 Å². The lowest BCUT2D eigenvalue weighted by Crippen LogP contribution is -2.02. The van der Waals surface area contributed by atoms with E-state index in [9.17, 15) is 0 Å². The van der Waals surface area contributed by atoms with Gasteiger partial charge in [-0.15, -0.1) is 84.3 Å². The maximum atomic E-state index is 4.64. The van der Waals surface area contributed by atoms with Crippen LogP contribution in [0.2, 0.25) is 0 Å². The summed E-state index contributed by atoms with van der Waals surface area (Å²) in [7, 11) is 0. The Kier molecular flexibility index (Phi) is 53.0. The van der Waals surface area contributed by atoms with E-state index in [-0.39, 0.29) is 0 Å². The Morgan fingerprint density at radius 3 is 0.679 bits per heavy atom. The van der Waals surface area contributed by atoms with Crippen molar-refractivity contribution in [2.24, 2.45) is 0 Å². The average Bonchev–Trinajstić information content (AvgIpc) is 3.29. The van der Waals surface area contributed by atoms with Gasteiger partial charge in [0.2, 0.25) is 0 Å². The van der Waals surface area contributed by atoms with Crippen LogP contribution in [-0.4, -0.2) is 31.9 Å². The maximum Gasteiger partial charge on any atom is 0.0108 e. The normalized spacial score (nSPS) is 9.18. The minimum absolute atomic E-state index is 1.04. The Balaban J connectivity index is -0.000000192. The number of alkyl halides is 5. The summed E-state index contributed by atoms with van der Waals surface area (Å²) in [5.41, 5.74) is 11.3. The predicted octanol–water partition coefficient (Wildman–Crippen LogP) is 15.1. The molecule has 9 rings (SSSR count). The first-order chi connectivity index (χ1) is 27.3. The molecule has 0 saturated heterocycles. The zero-order valence-electron chi connectivity index (χ0n) is 35.9. The van der Waals surface area contributed by atoms with E-state index in [2.05, 4.69) is 222 Å². The van der Waals surface area contributed by atoms with Crippen molar-refractivity contribution < 1.29 is 0 Å². The number of rotatable bonds is 2. The summed E-state index contributed by atoms with van der Waals surface area (Å²) in [6.07, 6.45) is 14.3. The first kappa shape index (κ1) is 62.0. The van der Waals surface area contributed by atoms with Crippen LogP contribution < -0.4 is 10.4 Å². The maximum absolute atomic E-state index is 4.64. The van der Waals surface area contributed by atoms with Crippen LogP contribution in [0.4, 0.5) is 0 Å². The van der Waals surface area contributed by atoms with Gasteiger partial charge in [-0.2, -0.15) is 0 Å². The highest BCUT2D eigenvalue weighted by Crippen LogP contribution is 2.15. The Morgan fingerprint density at radius 2 is 0.518 bits per heavy atom. The molecule has 0 atom stereocenters. The predicted molar refractivity (Wildman–Crippen MR) is 267 cm³/mol. The molecule has 4 bridgehead atoms. The van der Waals surface area contributed by atoms with Gasteiger partial charge in [0.05, 0.1) is 0 Å². The smallest absolute Gasteiger partial charge is 0.0108 e. The van der Waals surface area contributed by atoms with Crippen molar-refractivity contribution in [2.45, 2.75) is 66.2 Å². The minimum Gasteiger partial charge on any atom is -0.130 e. The molecule has 310 valence electrons. The SMILES string of the molecule is C=C.C=C.C=c1ccc(=C)cc1.CCc1ccc(CC)cc1.CCl.CCl.CCl.CCl.CCl.Cc1ccc(C)cc1.c1cc2ccc1CCc1ccc(cc1)CC2. The molecule has 4 aliphatic rings. The van der Waals surface area contributed by atoms with Crippen molar-refractivity contribution in [1.29, 1.82) is 0 Å². The van der Waals surface area contributed by atoms with Crippen molar-refractivity contribution in [2.75, 3.05) is 31.9 Å². The summed E-state index contributed by atoms with van der Waals surface area (Å²) >= 11 is 23.2. The van der Waals surface area contributed by atoms with E-state index < -0.39 is 0 Å². The monoisotopic (exact) mass is 858 g/mol. The zero-order chi connectivity index (χ0) is 44.2. The third-order valence-corrected chi connectivity index (χ3v) is 7.53. The molecule has 0 nitrogen and oxygen atoms in total. The van der Waals surface area contributed by atoms with Crippen LogP contribution in [-0.2, 0) is 38.5 Å². The third kappa shape index (κ3) is 34.1. The quantitative estimate of drug-likeness (QED) is 0.123. The first-order valence-corrected chi connectivity index (χ1v) is 22.0. The van der Waals surface area contributed by atoms with Gasteiger partial charge in [0.15, 0.2) is 0 Å². The fraction of sp³-hybridized carbons (Fsp3) is 0.294. The minimum atomic E-state index is 1.04. The van der Waals surface area contributed by atoms with Crippen LogP contribution >= 0.6 is 58.0 Å².